The van der Waals surface area contributed by atoms with Crippen molar-refractivity contribution >= 4 is 6.21 Å². The quantitative estimate of drug-likeness (QED) is 0.458. The first-order valence-electron chi connectivity index (χ1n) is 9.49. The van der Waals surface area contributed by atoms with Gasteiger partial charge in [-0.2, -0.15) is 0 Å². The van der Waals surface area contributed by atoms with E-state index in [1.54, 1.807) is 12.1 Å². The van der Waals surface area contributed by atoms with Crippen molar-refractivity contribution in [2.24, 2.45) is 4.99 Å². The Labute approximate surface area is 169 Å². The van der Waals surface area contributed by atoms with E-state index in [1.165, 1.54) is 26.5 Å². The van der Waals surface area contributed by atoms with Gasteiger partial charge >= 0.3 is 5.69 Å². The average Bonchev–Trinajstić information content (AvgIpc) is 2.72. The van der Waals surface area contributed by atoms with Gasteiger partial charge in [0, 0.05) is 18.8 Å². The minimum atomic E-state index is -0.794. The number of benzene rings is 1. The van der Waals surface area contributed by atoms with Gasteiger partial charge in [-0.25, -0.2) is 9.36 Å². The monoisotopic (exact) mass is 404 g/mol. The van der Waals surface area contributed by atoms with Crippen LogP contribution in [0.15, 0.2) is 32.8 Å². The second-order valence-corrected chi connectivity index (χ2v) is 6.29. The molecule has 2 N–H and O–H groups in total. The van der Waals surface area contributed by atoms with Crippen molar-refractivity contribution in [3.8, 4) is 23.1 Å². The number of aliphatic imine (C=N–C) groups is 1. The standard InChI is InChI=1S/C20H28N4O5/c1-5-23(6-2)11-7-10-21-13-15-18(25)22-20(27)24(19(15)26)16-12-14(28-3)8-9-17(16)29-4/h8-9,12-13,26H,5-7,10-11H2,1-4H3,(H,22,25,27). The van der Waals surface area contributed by atoms with Crippen LogP contribution in [0.25, 0.3) is 5.69 Å². The molecule has 2 rings (SSSR count). The van der Waals surface area contributed by atoms with E-state index >= 15 is 0 Å². The van der Waals surface area contributed by atoms with Crippen LogP contribution in [-0.2, 0) is 0 Å². The first-order chi connectivity index (χ1) is 14.0. The maximum Gasteiger partial charge on any atom is 0.335 e. The Bertz CT molecular complexity index is 960. The summed E-state index contributed by atoms with van der Waals surface area (Å²) in [5.41, 5.74) is -1.37. The van der Waals surface area contributed by atoms with Crippen molar-refractivity contribution < 1.29 is 14.6 Å². The summed E-state index contributed by atoms with van der Waals surface area (Å²) in [7, 11) is 2.93. The Kier molecular flexibility index (Phi) is 8.02. The fraction of sp³-hybridized carbons (Fsp3) is 0.450. The van der Waals surface area contributed by atoms with Crippen LogP contribution in [0.2, 0.25) is 0 Å². The molecular weight excluding hydrogens is 376 g/mol. The van der Waals surface area contributed by atoms with Gasteiger partial charge in [-0.15, -0.1) is 0 Å². The van der Waals surface area contributed by atoms with Crippen molar-refractivity contribution in [2.45, 2.75) is 20.3 Å². The maximum atomic E-state index is 12.4. The van der Waals surface area contributed by atoms with Gasteiger partial charge in [0.05, 0.1) is 19.9 Å². The fourth-order valence-electron chi connectivity index (χ4n) is 2.93. The number of hydrogen-bond donors (Lipinski definition) is 2. The van der Waals surface area contributed by atoms with E-state index in [-0.39, 0.29) is 11.3 Å². The van der Waals surface area contributed by atoms with E-state index in [1.807, 2.05) is 0 Å². The SMILES string of the molecule is CCN(CC)CCCN=Cc1c(O)n(-c2cc(OC)ccc2OC)c(=O)[nH]c1=O. The van der Waals surface area contributed by atoms with Crippen LogP contribution < -0.4 is 20.7 Å². The summed E-state index contributed by atoms with van der Waals surface area (Å²) in [4.78, 5) is 33.3. The third kappa shape index (κ3) is 5.26. The molecule has 1 heterocycles. The van der Waals surface area contributed by atoms with Crippen molar-refractivity contribution in [3.05, 3.63) is 44.6 Å². The number of methoxy groups -OCH3 is 2. The average molecular weight is 404 g/mol. The van der Waals surface area contributed by atoms with Crippen molar-refractivity contribution in [2.75, 3.05) is 40.4 Å². The van der Waals surface area contributed by atoms with E-state index in [9.17, 15) is 14.7 Å². The van der Waals surface area contributed by atoms with Crippen LogP contribution in [0.3, 0.4) is 0 Å². The van der Waals surface area contributed by atoms with E-state index in [4.69, 9.17) is 9.47 Å². The van der Waals surface area contributed by atoms with Gasteiger partial charge in [0.1, 0.15) is 17.1 Å². The number of hydrogen-bond acceptors (Lipinski definition) is 7. The second-order valence-electron chi connectivity index (χ2n) is 6.29. The topological polar surface area (TPSA) is 109 Å². The van der Waals surface area contributed by atoms with Gasteiger partial charge in [0.15, 0.2) is 0 Å². The molecular formula is C20H28N4O5. The van der Waals surface area contributed by atoms with Crippen LogP contribution in [0.1, 0.15) is 25.8 Å². The van der Waals surface area contributed by atoms with Gasteiger partial charge in [-0.05, 0) is 38.2 Å². The number of aromatic amines is 1. The predicted molar refractivity (Wildman–Crippen MR) is 112 cm³/mol. The largest absolute Gasteiger partial charge is 0.497 e. The Morgan fingerprint density at radius 1 is 1.21 bits per heavy atom. The summed E-state index contributed by atoms with van der Waals surface area (Å²) >= 11 is 0. The number of H-pyrrole nitrogens is 1. The first kappa shape index (κ1) is 22.2. The molecule has 158 valence electrons. The highest BCUT2D eigenvalue weighted by atomic mass is 16.5. The molecule has 0 fully saturated rings. The molecule has 2 aromatic rings. The summed E-state index contributed by atoms with van der Waals surface area (Å²) < 4.78 is 11.4. The van der Waals surface area contributed by atoms with Gasteiger partial charge in [-0.3, -0.25) is 14.8 Å². The Morgan fingerprint density at radius 3 is 2.55 bits per heavy atom. The van der Waals surface area contributed by atoms with Gasteiger partial charge in [0.25, 0.3) is 5.56 Å². The minimum Gasteiger partial charge on any atom is -0.497 e. The van der Waals surface area contributed by atoms with Crippen LogP contribution in [0.4, 0.5) is 0 Å². The van der Waals surface area contributed by atoms with E-state index < -0.39 is 17.1 Å². The molecule has 0 saturated heterocycles. The lowest BCUT2D eigenvalue weighted by Crippen LogP contribution is -2.31. The molecule has 0 unspecified atom stereocenters. The molecule has 9 nitrogen and oxygen atoms in total. The van der Waals surface area contributed by atoms with Crippen molar-refractivity contribution in [1.29, 1.82) is 0 Å². The van der Waals surface area contributed by atoms with Gasteiger partial charge in [-0.1, -0.05) is 13.8 Å². The van der Waals surface area contributed by atoms with Gasteiger partial charge < -0.3 is 19.5 Å². The lowest BCUT2D eigenvalue weighted by molar-refractivity contribution is 0.302. The molecule has 0 amide bonds. The number of nitrogens with zero attached hydrogens (tertiary/aromatic N) is 3. The summed E-state index contributed by atoms with van der Waals surface area (Å²) in [6.45, 7) is 7.52. The van der Waals surface area contributed by atoms with Crippen molar-refractivity contribution in [1.82, 2.24) is 14.5 Å². The summed E-state index contributed by atoms with van der Waals surface area (Å²) in [5.74, 6) is 0.278. The third-order valence-electron chi connectivity index (χ3n) is 4.62. The van der Waals surface area contributed by atoms with Crippen LogP contribution in [-0.4, -0.2) is 66.2 Å². The summed E-state index contributed by atoms with van der Waals surface area (Å²) in [5, 5.41) is 10.7. The van der Waals surface area contributed by atoms with E-state index in [0.717, 1.165) is 30.6 Å². The molecule has 0 aliphatic rings. The molecule has 0 atom stereocenters. The molecule has 0 radical (unpaired) electrons. The zero-order chi connectivity index (χ0) is 21.4. The number of ether oxygens (including phenoxy) is 2. The molecule has 0 aliphatic heterocycles. The summed E-state index contributed by atoms with van der Waals surface area (Å²) in [6.07, 6.45) is 2.11. The lowest BCUT2D eigenvalue weighted by atomic mass is 10.2. The number of aromatic nitrogens is 2. The molecule has 9 heteroatoms. The minimum absolute atomic E-state index is 0.0997. The molecule has 0 aliphatic carbocycles. The Hall–Kier alpha value is -3.07. The molecule has 29 heavy (non-hydrogen) atoms. The first-order valence-corrected chi connectivity index (χ1v) is 9.49. The number of nitrogens with one attached hydrogen (secondary N) is 1. The molecule has 0 saturated carbocycles. The molecule has 0 spiro atoms. The van der Waals surface area contributed by atoms with Gasteiger partial charge in [0.2, 0.25) is 5.88 Å². The highest BCUT2D eigenvalue weighted by Gasteiger charge is 2.18. The van der Waals surface area contributed by atoms with Crippen molar-refractivity contribution in [3.63, 3.8) is 0 Å². The Morgan fingerprint density at radius 2 is 1.93 bits per heavy atom. The summed E-state index contributed by atoms with van der Waals surface area (Å²) in [6, 6.07) is 4.80. The zero-order valence-electron chi connectivity index (χ0n) is 17.3. The Balaban J connectivity index is 2.37. The molecule has 1 aromatic heterocycles. The lowest BCUT2D eigenvalue weighted by Gasteiger charge is -2.16. The molecule has 0 bridgehead atoms. The highest BCUT2D eigenvalue weighted by Crippen LogP contribution is 2.29. The maximum absolute atomic E-state index is 12.4. The smallest absolute Gasteiger partial charge is 0.335 e. The number of aromatic hydroxyl groups is 1. The zero-order valence-corrected chi connectivity index (χ0v) is 17.3. The highest BCUT2D eigenvalue weighted by molar-refractivity contribution is 5.82. The number of rotatable bonds is 10. The van der Waals surface area contributed by atoms with Crippen LogP contribution in [0.5, 0.6) is 17.4 Å². The van der Waals surface area contributed by atoms with E-state index in [2.05, 4.69) is 28.7 Å². The normalized spacial score (nSPS) is 11.3. The second kappa shape index (κ2) is 10.5. The molecule has 1 aromatic carbocycles. The third-order valence-corrected chi connectivity index (χ3v) is 4.62. The van der Waals surface area contributed by atoms with E-state index in [0.29, 0.717) is 18.0 Å². The van der Waals surface area contributed by atoms with Crippen LogP contribution >= 0.6 is 0 Å². The van der Waals surface area contributed by atoms with Crippen LogP contribution in [0, 0.1) is 0 Å². The fourth-order valence-corrected chi connectivity index (χ4v) is 2.93. The predicted octanol–water partition coefficient (Wildman–Crippen LogP) is 1.40.